The van der Waals surface area contributed by atoms with Crippen molar-refractivity contribution in [1.29, 1.82) is 0 Å². The first kappa shape index (κ1) is 16.8. The number of hydrogen-bond acceptors (Lipinski definition) is 3. The van der Waals surface area contributed by atoms with Gasteiger partial charge in [0.05, 0.1) is 19.6 Å². The number of ether oxygens (including phenoxy) is 2. The molecule has 1 amide bonds. The molecule has 0 unspecified atom stereocenters. The first-order valence-electron chi connectivity index (χ1n) is 7.92. The van der Waals surface area contributed by atoms with Gasteiger partial charge in [-0.15, -0.1) is 0 Å². The summed E-state index contributed by atoms with van der Waals surface area (Å²) < 4.78 is 12.2. The molecule has 2 aromatic rings. The Hall–Kier alpha value is -2.01. The van der Waals surface area contributed by atoms with E-state index in [4.69, 9.17) is 9.47 Å². The first-order chi connectivity index (χ1) is 11.6. The molecule has 0 bridgehead atoms. The molecule has 4 nitrogen and oxygen atoms in total. The molecule has 0 saturated carbocycles. The Morgan fingerprint density at radius 1 is 1.25 bits per heavy atom. The van der Waals surface area contributed by atoms with Crippen molar-refractivity contribution in [2.75, 3.05) is 25.7 Å². The van der Waals surface area contributed by atoms with Gasteiger partial charge in [-0.3, -0.25) is 4.79 Å². The Morgan fingerprint density at radius 3 is 2.75 bits per heavy atom. The lowest BCUT2D eigenvalue weighted by atomic mass is 9.92. The van der Waals surface area contributed by atoms with Gasteiger partial charge in [-0.2, -0.15) is 0 Å². The van der Waals surface area contributed by atoms with Crippen molar-refractivity contribution in [1.82, 2.24) is 0 Å². The van der Waals surface area contributed by atoms with Gasteiger partial charge in [-0.05, 0) is 48.7 Å². The average molecular weight is 390 g/mol. The third-order valence-electron chi connectivity index (χ3n) is 4.35. The lowest BCUT2D eigenvalue weighted by Gasteiger charge is -2.16. The van der Waals surface area contributed by atoms with E-state index in [1.54, 1.807) is 12.0 Å². The number of carbonyl (C=O) groups is 1. The molecular formula is C19H20BrNO3. The van der Waals surface area contributed by atoms with Crippen LogP contribution >= 0.6 is 15.9 Å². The van der Waals surface area contributed by atoms with Gasteiger partial charge in [0.2, 0.25) is 5.91 Å². The minimum Gasteiger partial charge on any atom is -0.493 e. The van der Waals surface area contributed by atoms with Crippen molar-refractivity contribution in [3.05, 3.63) is 52.0 Å². The summed E-state index contributed by atoms with van der Waals surface area (Å²) in [6.07, 6.45) is 0.583. The highest BCUT2D eigenvalue weighted by molar-refractivity contribution is 9.10. The minimum atomic E-state index is -0.214. The SMILES string of the molecule is CCOc1c(C[C@H]2C(=O)N(C)c3ccc(Br)cc32)cccc1OC. The number of amides is 1. The largest absolute Gasteiger partial charge is 0.493 e. The van der Waals surface area contributed by atoms with E-state index in [9.17, 15) is 4.79 Å². The molecule has 0 aliphatic carbocycles. The van der Waals surface area contributed by atoms with Crippen molar-refractivity contribution < 1.29 is 14.3 Å². The van der Waals surface area contributed by atoms with E-state index in [0.29, 0.717) is 18.8 Å². The summed E-state index contributed by atoms with van der Waals surface area (Å²) in [5, 5.41) is 0. The summed E-state index contributed by atoms with van der Waals surface area (Å²) in [6.45, 7) is 2.49. The monoisotopic (exact) mass is 389 g/mol. The topological polar surface area (TPSA) is 38.8 Å². The molecule has 126 valence electrons. The van der Waals surface area contributed by atoms with Crippen LogP contribution in [0.3, 0.4) is 0 Å². The van der Waals surface area contributed by atoms with Gasteiger partial charge in [-0.1, -0.05) is 28.1 Å². The normalized spacial score (nSPS) is 16.2. The molecule has 1 aliphatic rings. The molecule has 0 saturated heterocycles. The van der Waals surface area contributed by atoms with Gasteiger partial charge in [0, 0.05) is 17.2 Å². The van der Waals surface area contributed by atoms with Crippen molar-refractivity contribution in [3.8, 4) is 11.5 Å². The number of fused-ring (bicyclic) bond motifs is 1. The van der Waals surface area contributed by atoms with Crippen molar-refractivity contribution in [2.45, 2.75) is 19.3 Å². The number of benzene rings is 2. The maximum absolute atomic E-state index is 12.7. The second-order valence-corrected chi connectivity index (χ2v) is 6.65. The molecule has 2 aromatic carbocycles. The maximum atomic E-state index is 12.7. The number of rotatable bonds is 5. The molecule has 0 radical (unpaired) electrons. The van der Waals surface area contributed by atoms with Crippen molar-refractivity contribution >= 4 is 27.5 Å². The van der Waals surface area contributed by atoms with Gasteiger partial charge in [0.15, 0.2) is 11.5 Å². The molecule has 1 atom stereocenters. The summed E-state index contributed by atoms with van der Waals surface area (Å²) >= 11 is 3.51. The molecule has 24 heavy (non-hydrogen) atoms. The smallest absolute Gasteiger partial charge is 0.234 e. The third kappa shape index (κ3) is 2.88. The van der Waals surface area contributed by atoms with E-state index in [-0.39, 0.29) is 11.8 Å². The number of hydrogen-bond donors (Lipinski definition) is 0. The molecule has 0 N–H and O–H groups in total. The van der Waals surface area contributed by atoms with Gasteiger partial charge < -0.3 is 14.4 Å². The fourth-order valence-corrected chi connectivity index (χ4v) is 3.58. The molecule has 0 fully saturated rings. The summed E-state index contributed by atoms with van der Waals surface area (Å²) in [5.74, 6) is 1.31. The van der Waals surface area contributed by atoms with Crippen LogP contribution in [-0.4, -0.2) is 26.7 Å². The van der Waals surface area contributed by atoms with Gasteiger partial charge >= 0.3 is 0 Å². The van der Waals surface area contributed by atoms with Crippen LogP contribution < -0.4 is 14.4 Å². The van der Waals surface area contributed by atoms with E-state index in [1.165, 1.54) is 0 Å². The number of halogens is 1. The molecular weight excluding hydrogens is 370 g/mol. The number of methoxy groups -OCH3 is 1. The standard InChI is InChI=1S/C19H20BrNO3/c1-4-24-18-12(6-5-7-17(18)23-3)10-15-14-11-13(20)8-9-16(14)21(2)19(15)22/h5-9,11,15H,4,10H2,1-3H3/t15-/m1/s1. The van der Waals surface area contributed by atoms with E-state index in [1.807, 2.05) is 50.4 Å². The predicted molar refractivity (Wildman–Crippen MR) is 98.2 cm³/mol. The van der Waals surface area contributed by atoms with Crippen LogP contribution in [0.15, 0.2) is 40.9 Å². The Labute approximate surface area is 150 Å². The lowest BCUT2D eigenvalue weighted by Crippen LogP contribution is -2.25. The lowest BCUT2D eigenvalue weighted by molar-refractivity contribution is -0.119. The van der Waals surface area contributed by atoms with Crippen LogP contribution in [0, 0.1) is 0 Å². The Balaban J connectivity index is 2.01. The number of likely N-dealkylation sites (N-methyl/N-ethyl adjacent to an activating group) is 1. The highest BCUT2D eigenvalue weighted by atomic mass is 79.9. The molecule has 5 heteroatoms. The zero-order valence-corrected chi connectivity index (χ0v) is 15.6. The second-order valence-electron chi connectivity index (χ2n) is 5.74. The molecule has 1 heterocycles. The van der Waals surface area contributed by atoms with Gasteiger partial charge in [-0.25, -0.2) is 0 Å². The first-order valence-corrected chi connectivity index (χ1v) is 8.71. The van der Waals surface area contributed by atoms with Crippen molar-refractivity contribution in [2.24, 2.45) is 0 Å². The minimum absolute atomic E-state index is 0.105. The van der Waals surface area contributed by atoms with Gasteiger partial charge in [0.25, 0.3) is 0 Å². The third-order valence-corrected chi connectivity index (χ3v) is 4.84. The fourth-order valence-electron chi connectivity index (χ4n) is 3.20. The van der Waals surface area contributed by atoms with E-state index >= 15 is 0 Å². The van der Waals surface area contributed by atoms with Gasteiger partial charge in [0.1, 0.15) is 0 Å². The van der Waals surface area contributed by atoms with Crippen LogP contribution in [0.4, 0.5) is 5.69 Å². The number of carbonyl (C=O) groups excluding carboxylic acids is 1. The average Bonchev–Trinajstić information content (AvgIpc) is 2.81. The summed E-state index contributed by atoms with van der Waals surface area (Å²) in [6, 6.07) is 11.8. The fraction of sp³-hybridized carbons (Fsp3) is 0.316. The number of para-hydroxylation sites is 1. The highest BCUT2D eigenvalue weighted by Crippen LogP contribution is 2.42. The van der Waals surface area contributed by atoms with E-state index < -0.39 is 0 Å². The van der Waals surface area contributed by atoms with Crippen molar-refractivity contribution in [3.63, 3.8) is 0 Å². The quantitative estimate of drug-likeness (QED) is 0.770. The highest BCUT2D eigenvalue weighted by Gasteiger charge is 2.35. The van der Waals surface area contributed by atoms with Crippen LogP contribution in [0.5, 0.6) is 11.5 Å². The summed E-state index contributed by atoms with van der Waals surface area (Å²) in [4.78, 5) is 14.5. The zero-order valence-electron chi connectivity index (χ0n) is 14.0. The van der Waals surface area contributed by atoms with Crippen LogP contribution in [0.1, 0.15) is 24.0 Å². The molecule has 0 spiro atoms. The molecule has 1 aliphatic heterocycles. The number of nitrogens with zero attached hydrogens (tertiary/aromatic N) is 1. The Kier molecular flexibility index (Phi) is 4.81. The summed E-state index contributed by atoms with van der Waals surface area (Å²) in [5.41, 5.74) is 2.99. The van der Waals surface area contributed by atoms with Crippen LogP contribution in [0.2, 0.25) is 0 Å². The Bertz CT molecular complexity index is 775. The predicted octanol–water partition coefficient (Wildman–Crippen LogP) is 4.16. The summed E-state index contributed by atoms with van der Waals surface area (Å²) in [7, 11) is 3.45. The second kappa shape index (κ2) is 6.85. The molecule has 3 rings (SSSR count). The Morgan fingerprint density at radius 2 is 2.04 bits per heavy atom. The number of anilines is 1. The zero-order chi connectivity index (χ0) is 17.3. The van der Waals surface area contributed by atoms with Crippen LogP contribution in [-0.2, 0) is 11.2 Å². The van der Waals surface area contributed by atoms with Crippen LogP contribution in [0.25, 0.3) is 0 Å². The maximum Gasteiger partial charge on any atom is 0.234 e. The van der Waals surface area contributed by atoms with E-state index in [2.05, 4.69) is 15.9 Å². The van der Waals surface area contributed by atoms with E-state index in [0.717, 1.165) is 27.0 Å². The molecule has 0 aromatic heterocycles.